The van der Waals surface area contributed by atoms with Gasteiger partial charge in [-0.2, -0.15) is 0 Å². The second-order valence-corrected chi connectivity index (χ2v) is 8.66. The minimum absolute atomic E-state index is 0.0184. The van der Waals surface area contributed by atoms with Gasteiger partial charge in [0.2, 0.25) is 11.8 Å². The normalized spacial score (nSPS) is 20.3. The molecule has 0 aromatic heterocycles. The number of likely N-dealkylation sites (tertiary alicyclic amines) is 1. The van der Waals surface area contributed by atoms with Crippen LogP contribution in [-0.4, -0.2) is 41.8 Å². The van der Waals surface area contributed by atoms with Crippen molar-refractivity contribution in [3.63, 3.8) is 0 Å². The number of nitrogens with one attached hydrogen (secondary N) is 2. The molecule has 0 radical (unpaired) electrons. The fourth-order valence-corrected chi connectivity index (χ4v) is 4.45. The van der Waals surface area contributed by atoms with Gasteiger partial charge < -0.3 is 15.5 Å². The van der Waals surface area contributed by atoms with Crippen LogP contribution in [0.5, 0.6) is 0 Å². The first kappa shape index (κ1) is 22.3. The van der Waals surface area contributed by atoms with E-state index < -0.39 is 0 Å². The summed E-state index contributed by atoms with van der Waals surface area (Å²) in [5.41, 5.74) is 1.29. The van der Waals surface area contributed by atoms with Crippen molar-refractivity contribution in [1.82, 2.24) is 10.2 Å². The summed E-state index contributed by atoms with van der Waals surface area (Å²) in [6.45, 7) is 3.12. The number of benzene rings is 1. The number of hydrogen-bond acceptors (Lipinski definition) is 3. The molecule has 0 bridgehead atoms. The Morgan fingerprint density at radius 3 is 2.33 bits per heavy atom. The largest absolute Gasteiger partial charge is 0.353 e. The molecule has 6 heteroatoms. The molecular formula is C24H35N3O3. The third-order valence-electron chi connectivity index (χ3n) is 6.17. The standard InChI is InChI=1S/C24H35N3O3/c1-2-8-22(28)25-21-14-12-18(13-15-21)24(30)27-16-7-9-19(17-27)23(29)26-20-10-5-3-4-6-11-20/h12-15,19-20H,2-11,16-17H2,1H3,(H,25,28)(H,26,29)/t19-/m1/s1. The van der Waals surface area contributed by atoms with E-state index in [1.165, 1.54) is 25.7 Å². The fourth-order valence-electron chi connectivity index (χ4n) is 4.45. The Morgan fingerprint density at radius 2 is 1.67 bits per heavy atom. The maximum atomic E-state index is 12.9. The fraction of sp³-hybridized carbons (Fsp3) is 0.625. The second kappa shape index (κ2) is 11.1. The summed E-state index contributed by atoms with van der Waals surface area (Å²) in [5, 5.41) is 6.08. The van der Waals surface area contributed by atoms with Crippen LogP contribution in [0.25, 0.3) is 0 Å². The summed E-state index contributed by atoms with van der Waals surface area (Å²) in [5.74, 6) is -0.0875. The topological polar surface area (TPSA) is 78.5 Å². The molecule has 6 nitrogen and oxygen atoms in total. The van der Waals surface area contributed by atoms with Gasteiger partial charge in [-0.1, -0.05) is 32.6 Å². The van der Waals surface area contributed by atoms with E-state index in [-0.39, 0.29) is 23.6 Å². The highest BCUT2D eigenvalue weighted by Gasteiger charge is 2.30. The molecule has 2 aliphatic rings. The van der Waals surface area contributed by atoms with Crippen LogP contribution in [-0.2, 0) is 9.59 Å². The lowest BCUT2D eigenvalue weighted by atomic mass is 9.95. The van der Waals surface area contributed by atoms with Crippen molar-refractivity contribution in [3.05, 3.63) is 29.8 Å². The lowest BCUT2D eigenvalue weighted by Gasteiger charge is -2.33. The third-order valence-corrected chi connectivity index (χ3v) is 6.17. The Hall–Kier alpha value is -2.37. The molecule has 1 saturated carbocycles. The molecule has 1 aliphatic heterocycles. The Labute approximate surface area is 179 Å². The maximum absolute atomic E-state index is 12.9. The van der Waals surface area contributed by atoms with Gasteiger partial charge in [-0.05, 0) is 56.4 Å². The Kier molecular flexibility index (Phi) is 8.29. The van der Waals surface area contributed by atoms with Crippen molar-refractivity contribution in [3.8, 4) is 0 Å². The average molecular weight is 414 g/mol. The molecule has 2 fully saturated rings. The zero-order chi connectivity index (χ0) is 21.3. The summed E-state index contributed by atoms with van der Waals surface area (Å²) in [6, 6.07) is 7.32. The van der Waals surface area contributed by atoms with Crippen LogP contribution in [0.3, 0.4) is 0 Å². The lowest BCUT2D eigenvalue weighted by molar-refractivity contribution is -0.127. The summed E-state index contributed by atoms with van der Waals surface area (Å²) in [6.07, 6.45) is 10.0. The average Bonchev–Trinajstić information content (AvgIpc) is 3.02. The van der Waals surface area contributed by atoms with Gasteiger partial charge in [0.25, 0.3) is 5.91 Å². The predicted octanol–water partition coefficient (Wildman–Crippen LogP) is 4.12. The second-order valence-electron chi connectivity index (χ2n) is 8.66. The predicted molar refractivity (Wildman–Crippen MR) is 118 cm³/mol. The zero-order valence-corrected chi connectivity index (χ0v) is 18.1. The van der Waals surface area contributed by atoms with Crippen LogP contribution in [0, 0.1) is 5.92 Å². The summed E-state index contributed by atoms with van der Waals surface area (Å²) >= 11 is 0. The quantitative estimate of drug-likeness (QED) is 0.689. The molecule has 3 rings (SSSR count). The highest BCUT2D eigenvalue weighted by Crippen LogP contribution is 2.22. The molecule has 1 heterocycles. The Morgan fingerprint density at radius 1 is 0.967 bits per heavy atom. The van der Waals surface area contributed by atoms with Crippen molar-refractivity contribution in [2.24, 2.45) is 5.92 Å². The maximum Gasteiger partial charge on any atom is 0.253 e. The van der Waals surface area contributed by atoms with E-state index >= 15 is 0 Å². The lowest BCUT2D eigenvalue weighted by Crippen LogP contribution is -2.47. The van der Waals surface area contributed by atoms with Gasteiger partial charge in [-0.15, -0.1) is 0 Å². The number of anilines is 1. The van der Waals surface area contributed by atoms with Crippen molar-refractivity contribution >= 4 is 23.4 Å². The van der Waals surface area contributed by atoms with Crippen LogP contribution in [0.15, 0.2) is 24.3 Å². The molecule has 0 spiro atoms. The molecule has 1 atom stereocenters. The molecule has 164 valence electrons. The van der Waals surface area contributed by atoms with Gasteiger partial charge in [-0.25, -0.2) is 0 Å². The van der Waals surface area contributed by atoms with Crippen LogP contribution in [0.2, 0.25) is 0 Å². The van der Waals surface area contributed by atoms with E-state index in [1.54, 1.807) is 29.2 Å². The first-order chi connectivity index (χ1) is 14.6. The van der Waals surface area contributed by atoms with Crippen molar-refractivity contribution < 1.29 is 14.4 Å². The van der Waals surface area contributed by atoms with Gasteiger partial charge in [0.15, 0.2) is 0 Å². The highest BCUT2D eigenvalue weighted by molar-refractivity contribution is 5.96. The minimum atomic E-state index is -0.126. The SMILES string of the molecule is CCCC(=O)Nc1ccc(C(=O)N2CCC[C@@H](C(=O)NC3CCCCCC3)C2)cc1. The first-order valence-corrected chi connectivity index (χ1v) is 11.6. The monoisotopic (exact) mass is 413 g/mol. The van der Waals surface area contributed by atoms with E-state index in [0.29, 0.717) is 36.8 Å². The van der Waals surface area contributed by atoms with Gasteiger partial charge in [0, 0.05) is 36.8 Å². The van der Waals surface area contributed by atoms with E-state index in [1.807, 2.05) is 6.92 Å². The Bertz CT molecular complexity index is 724. The minimum Gasteiger partial charge on any atom is -0.353 e. The molecule has 1 aromatic rings. The number of hydrogen-bond donors (Lipinski definition) is 2. The molecule has 1 aliphatic carbocycles. The van der Waals surface area contributed by atoms with Crippen molar-refractivity contribution in [2.45, 2.75) is 77.2 Å². The van der Waals surface area contributed by atoms with Gasteiger partial charge in [0.1, 0.15) is 0 Å². The molecule has 1 saturated heterocycles. The van der Waals surface area contributed by atoms with Crippen molar-refractivity contribution in [2.75, 3.05) is 18.4 Å². The summed E-state index contributed by atoms with van der Waals surface area (Å²) in [7, 11) is 0. The molecular weight excluding hydrogens is 378 g/mol. The first-order valence-electron chi connectivity index (χ1n) is 11.6. The van der Waals surface area contributed by atoms with E-state index in [0.717, 1.165) is 32.1 Å². The van der Waals surface area contributed by atoms with Crippen LogP contribution < -0.4 is 10.6 Å². The van der Waals surface area contributed by atoms with E-state index in [4.69, 9.17) is 0 Å². The molecule has 1 aromatic carbocycles. The number of carbonyl (C=O) groups excluding carboxylic acids is 3. The molecule has 30 heavy (non-hydrogen) atoms. The summed E-state index contributed by atoms with van der Waals surface area (Å²) in [4.78, 5) is 39.3. The highest BCUT2D eigenvalue weighted by atomic mass is 16.2. The Balaban J connectivity index is 1.54. The van der Waals surface area contributed by atoms with Gasteiger partial charge in [-0.3, -0.25) is 14.4 Å². The number of carbonyl (C=O) groups is 3. The van der Waals surface area contributed by atoms with Gasteiger partial charge >= 0.3 is 0 Å². The van der Waals surface area contributed by atoms with Crippen LogP contribution in [0.1, 0.15) is 81.5 Å². The number of amides is 3. The van der Waals surface area contributed by atoms with Crippen LogP contribution >= 0.6 is 0 Å². The number of nitrogens with zero attached hydrogens (tertiary/aromatic N) is 1. The van der Waals surface area contributed by atoms with Crippen molar-refractivity contribution in [1.29, 1.82) is 0 Å². The number of rotatable bonds is 6. The molecule has 0 unspecified atom stereocenters. The molecule has 2 N–H and O–H groups in total. The third kappa shape index (κ3) is 6.31. The number of piperidine rings is 1. The zero-order valence-electron chi connectivity index (χ0n) is 18.1. The molecule has 3 amide bonds. The van der Waals surface area contributed by atoms with Gasteiger partial charge in [0.05, 0.1) is 5.92 Å². The smallest absolute Gasteiger partial charge is 0.253 e. The van der Waals surface area contributed by atoms with E-state index in [9.17, 15) is 14.4 Å². The summed E-state index contributed by atoms with van der Waals surface area (Å²) < 4.78 is 0. The van der Waals surface area contributed by atoms with E-state index in [2.05, 4.69) is 10.6 Å². The van der Waals surface area contributed by atoms with Crippen LogP contribution in [0.4, 0.5) is 5.69 Å².